The predicted molar refractivity (Wildman–Crippen MR) is 83.8 cm³/mol. The lowest BCUT2D eigenvalue weighted by molar-refractivity contribution is 0.500. The van der Waals surface area contributed by atoms with E-state index in [0.717, 1.165) is 6.42 Å². The van der Waals surface area contributed by atoms with Gasteiger partial charge in [-0.1, -0.05) is 60.7 Å². The van der Waals surface area contributed by atoms with Crippen LogP contribution >= 0.6 is 0 Å². The van der Waals surface area contributed by atoms with Crippen molar-refractivity contribution in [2.45, 2.75) is 18.4 Å². The van der Waals surface area contributed by atoms with Crippen LogP contribution in [0.2, 0.25) is 0 Å². The fourth-order valence-electron chi connectivity index (χ4n) is 3.27. The fraction of sp³-hybridized carbons (Fsp3) is 0.158. The van der Waals surface area contributed by atoms with Crippen molar-refractivity contribution in [2.75, 3.05) is 0 Å². The number of fused-ring (bicyclic) bond motifs is 2. The van der Waals surface area contributed by atoms with Crippen LogP contribution in [0.5, 0.6) is 0 Å². The minimum absolute atomic E-state index is 0.0921. The van der Waals surface area contributed by atoms with E-state index in [2.05, 4.69) is 66.7 Å². The van der Waals surface area contributed by atoms with Crippen molar-refractivity contribution in [1.82, 2.24) is 0 Å². The summed E-state index contributed by atoms with van der Waals surface area (Å²) in [4.78, 5) is 0. The Hall–Kier alpha value is -2.12. The molecule has 0 bridgehead atoms. The number of benzene rings is 3. The molecule has 98 valence electrons. The third kappa shape index (κ3) is 1.75. The molecule has 0 saturated carbocycles. The summed E-state index contributed by atoms with van der Waals surface area (Å²) in [6, 6.07) is 23.8. The molecule has 0 aromatic heterocycles. The van der Waals surface area contributed by atoms with E-state index in [1.54, 1.807) is 0 Å². The van der Waals surface area contributed by atoms with Crippen LogP contribution in [0.3, 0.4) is 0 Å². The van der Waals surface area contributed by atoms with E-state index >= 15 is 0 Å². The first-order chi connectivity index (χ1) is 9.83. The van der Waals surface area contributed by atoms with Crippen LogP contribution in [0.15, 0.2) is 66.7 Å². The molecule has 20 heavy (non-hydrogen) atoms. The van der Waals surface area contributed by atoms with E-state index in [1.165, 1.54) is 27.5 Å². The van der Waals surface area contributed by atoms with Crippen molar-refractivity contribution in [3.8, 4) is 0 Å². The van der Waals surface area contributed by atoms with Gasteiger partial charge in [-0.15, -0.1) is 0 Å². The topological polar surface area (TPSA) is 26.0 Å². The average Bonchev–Trinajstić information content (AvgIpc) is 2.48. The molecule has 3 aromatic rings. The van der Waals surface area contributed by atoms with Gasteiger partial charge < -0.3 is 5.73 Å². The molecule has 1 nitrogen and oxygen atoms in total. The molecule has 0 spiro atoms. The molecule has 0 radical (unpaired) electrons. The SMILES string of the molecule is NC(c1ccc2ccccc2c1)C1Cc2ccccc21. The largest absolute Gasteiger partial charge is 0.323 e. The molecule has 0 heterocycles. The van der Waals surface area contributed by atoms with Crippen molar-refractivity contribution in [3.05, 3.63) is 83.4 Å². The molecule has 0 fully saturated rings. The Morgan fingerprint density at radius 1 is 0.850 bits per heavy atom. The van der Waals surface area contributed by atoms with Crippen LogP contribution in [0, 0.1) is 0 Å². The molecule has 2 atom stereocenters. The summed E-state index contributed by atoms with van der Waals surface area (Å²) in [6.45, 7) is 0. The third-order valence-electron chi connectivity index (χ3n) is 4.49. The molecule has 1 aliphatic carbocycles. The van der Waals surface area contributed by atoms with Crippen molar-refractivity contribution < 1.29 is 0 Å². The predicted octanol–water partition coefficient (Wildman–Crippen LogP) is 4.18. The van der Waals surface area contributed by atoms with Gasteiger partial charge in [-0.2, -0.15) is 0 Å². The Labute approximate surface area is 119 Å². The van der Waals surface area contributed by atoms with Gasteiger partial charge in [0.1, 0.15) is 0 Å². The maximum absolute atomic E-state index is 6.51. The number of nitrogens with two attached hydrogens (primary N) is 1. The van der Waals surface area contributed by atoms with Crippen LogP contribution in [-0.2, 0) is 6.42 Å². The van der Waals surface area contributed by atoms with Crippen LogP contribution in [-0.4, -0.2) is 0 Å². The Morgan fingerprint density at radius 3 is 2.45 bits per heavy atom. The highest BCUT2D eigenvalue weighted by molar-refractivity contribution is 5.83. The zero-order valence-electron chi connectivity index (χ0n) is 11.3. The Bertz CT molecular complexity index is 775. The Morgan fingerprint density at radius 2 is 1.60 bits per heavy atom. The molecule has 1 heteroatoms. The quantitative estimate of drug-likeness (QED) is 0.734. The normalized spacial score (nSPS) is 18.4. The van der Waals surface area contributed by atoms with Gasteiger partial charge in [-0.05, 0) is 39.9 Å². The molecular formula is C19H17N. The summed E-state index contributed by atoms with van der Waals surface area (Å²) in [5.74, 6) is 0.465. The third-order valence-corrected chi connectivity index (χ3v) is 4.49. The second kappa shape index (κ2) is 4.46. The first-order valence-corrected chi connectivity index (χ1v) is 7.15. The van der Waals surface area contributed by atoms with Gasteiger partial charge in [0.05, 0.1) is 0 Å². The number of hydrogen-bond acceptors (Lipinski definition) is 1. The summed E-state index contributed by atoms with van der Waals surface area (Å²) < 4.78 is 0. The summed E-state index contributed by atoms with van der Waals surface area (Å²) in [7, 11) is 0. The van der Waals surface area contributed by atoms with E-state index in [9.17, 15) is 0 Å². The fourth-order valence-corrected chi connectivity index (χ4v) is 3.27. The Balaban J connectivity index is 1.70. The van der Waals surface area contributed by atoms with Crippen molar-refractivity contribution in [3.63, 3.8) is 0 Å². The van der Waals surface area contributed by atoms with Gasteiger partial charge in [0, 0.05) is 12.0 Å². The smallest absolute Gasteiger partial charge is 0.0368 e. The monoisotopic (exact) mass is 259 g/mol. The van der Waals surface area contributed by atoms with Crippen LogP contribution in [0.4, 0.5) is 0 Å². The molecule has 3 aromatic carbocycles. The van der Waals surface area contributed by atoms with Gasteiger partial charge in [-0.3, -0.25) is 0 Å². The number of hydrogen-bond donors (Lipinski definition) is 1. The van der Waals surface area contributed by atoms with E-state index in [0.29, 0.717) is 5.92 Å². The van der Waals surface area contributed by atoms with Gasteiger partial charge in [0.25, 0.3) is 0 Å². The molecule has 1 aliphatic rings. The molecule has 0 amide bonds. The lowest BCUT2D eigenvalue weighted by atomic mass is 9.72. The van der Waals surface area contributed by atoms with Crippen molar-refractivity contribution in [1.29, 1.82) is 0 Å². The molecular weight excluding hydrogens is 242 g/mol. The minimum Gasteiger partial charge on any atom is -0.323 e. The maximum Gasteiger partial charge on any atom is 0.0368 e. The highest BCUT2D eigenvalue weighted by Gasteiger charge is 2.31. The van der Waals surface area contributed by atoms with Crippen LogP contribution in [0.1, 0.15) is 28.7 Å². The summed E-state index contributed by atoms with van der Waals surface area (Å²) in [5.41, 5.74) is 10.6. The second-order valence-electron chi connectivity index (χ2n) is 5.64. The lowest BCUT2D eigenvalue weighted by Gasteiger charge is -2.35. The molecule has 2 N–H and O–H groups in total. The van der Waals surface area contributed by atoms with Gasteiger partial charge in [0.2, 0.25) is 0 Å². The van der Waals surface area contributed by atoms with Crippen molar-refractivity contribution >= 4 is 10.8 Å². The van der Waals surface area contributed by atoms with Crippen LogP contribution in [0.25, 0.3) is 10.8 Å². The van der Waals surface area contributed by atoms with Crippen LogP contribution < -0.4 is 5.73 Å². The lowest BCUT2D eigenvalue weighted by Crippen LogP contribution is -2.28. The van der Waals surface area contributed by atoms with Gasteiger partial charge in [-0.25, -0.2) is 0 Å². The van der Waals surface area contributed by atoms with Gasteiger partial charge >= 0.3 is 0 Å². The van der Waals surface area contributed by atoms with E-state index < -0.39 is 0 Å². The maximum atomic E-state index is 6.51. The minimum atomic E-state index is 0.0921. The average molecular weight is 259 g/mol. The Kier molecular flexibility index (Phi) is 2.61. The highest BCUT2D eigenvalue weighted by Crippen LogP contribution is 2.42. The highest BCUT2D eigenvalue weighted by atomic mass is 14.7. The van der Waals surface area contributed by atoms with Gasteiger partial charge in [0.15, 0.2) is 0 Å². The first kappa shape index (κ1) is 11.7. The second-order valence-corrected chi connectivity index (χ2v) is 5.64. The van der Waals surface area contributed by atoms with E-state index in [1.807, 2.05) is 0 Å². The molecule has 0 saturated heterocycles. The van der Waals surface area contributed by atoms with E-state index in [-0.39, 0.29) is 6.04 Å². The molecule has 0 aliphatic heterocycles. The summed E-state index contributed by atoms with van der Waals surface area (Å²) in [6.07, 6.45) is 1.10. The van der Waals surface area contributed by atoms with Crippen molar-refractivity contribution in [2.24, 2.45) is 5.73 Å². The standard InChI is InChI=1S/C19H17N/c20-19(18-12-15-7-3-4-8-17(15)18)16-10-9-13-5-1-2-6-14(13)11-16/h1-11,18-19H,12,20H2. The zero-order valence-corrected chi connectivity index (χ0v) is 11.3. The first-order valence-electron chi connectivity index (χ1n) is 7.15. The van der Waals surface area contributed by atoms with E-state index in [4.69, 9.17) is 5.73 Å². The summed E-state index contributed by atoms with van der Waals surface area (Å²) in [5, 5.41) is 2.55. The molecule has 2 unspecified atom stereocenters. The number of rotatable bonds is 2. The zero-order chi connectivity index (χ0) is 13.5. The molecule has 4 rings (SSSR count). The summed E-state index contributed by atoms with van der Waals surface area (Å²) >= 11 is 0.